The number of carbonyl (C=O) groups is 3. The fourth-order valence-corrected chi connectivity index (χ4v) is 3.92. The zero-order chi connectivity index (χ0) is 22.5. The first kappa shape index (κ1) is 21.8. The van der Waals surface area contributed by atoms with E-state index in [9.17, 15) is 24.5 Å². The van der Waals surface area contributed by atoms with Crippen molar-refractivity contribution in [3.8, 4) is 0 Å². The number of ether oxygens (including phenoxy) is 2. The van der Waals surface area contributed by atoms with Crippen LogP contribution in [0.3, 0.4) is 0 Å². The van der Waals surface area contributed by atoms with Gasteiger partial charge in [-0.15, -0.1) is 0 Å². The van der Waals surface area contributed by atoms with Crippen LogP contribution in [0, 0.1) is 10.1 Å². The Kier molecular flexibility index (Phi) is 6.55. The van der Waals surface area contributed by atoms with Gasteiger partial charge in [-0.3, -0.25) is 19.7 Å². The predicted molar refractivity (Wildman–Crippen MR) is 111 cm³/mol. The molecule has 3 aromatic rings. The van der Waals surface area contributed by atoms with Gasteiger partial charge in [0.1, 0.15) is 12.1 Å². The molecule has 0 saturated heterocycles. The quantitative estimate of drug-likeness (QED) is 0.325. The average molecular weight is 443 g/mol. The molecular formula is C20H17N3O7S. The van der Waals surface area contributed by atoms with Crippen LogP contribution in [0.2, 0.25) is 0 Å². The number of rotatable bonds is 6. The van der Waals surface area contributed by atoms with Crippen LogP contribution < -0.4 is 4.80 Å². The van der Waals surface area contributed by atoms with E-state index in [2.05, 4.69) is 4.99 Å². The van der Waals surface area contributed by atoms with Crippen molar-refractivity contribution < 1.29 is 28.8 Å². The lowest BCUT2D eigenvalue weighted by molar-refractivity contribution is -0.385. The Morgan fingerprint density at radius 1 is 1.19 bits per heavy atom. The Morgan fingerprint density at radius 2 is 1.94 bits per heavy atom. The molecule has 0 aliphatic carbocycles. The van der Waals surface area contributed by atoms with Crippen molar-refractivity contribution in [3.05, 3.63) is 68.5 Å². The minimum Gasteiger partial charge on any atom is -0.465 e. The molecule has 1 amide bonds. The number of benzene rings is 2. The highest BCUT2D eigenvalue weighted by Gasteiger charge is 2.20. The molecule has 0 unspecified atom stereocenters. The number of nitro groups is 1. The minimum absolute atomic E-state index is 0.133. The van der Waals surface area contributed by atoms with Crippen LogP contribution in [0.15, 0.2) is 47.5 Å². The summed E-state index contributed by atoms with van der Waals surface area (Å²) in [7, 11) is 1.26. The lowest BCUT2D eigenvalue weighted by Crippen LogP contribution is -2.23. The van der Waals surface area contributed by atoms with Gasteiger partial charge in [0.2, 0.25) is 0 Å². The van der Waals surface area contributed by atoms with Gasteiger partial charge < -0.3 is 14.0 Å². The second-order valence-electron chi connectivity index (χ2n) is 6.14. The summed E-state index contributed by atoms with van der Waals surface area (Å²) in [6.07, 6.45) is 0. The van der Waals surface area contributed by atoms with E-state index in [0.29, 0.717) is 10.2 Å². The molecule has 0 bridgehead atoms. The molecule has 0 spiro atoms. The predicted octanol–water partition coefficient (Wildman–Crippen LogP) is 2.70. The molecule has 10 nitrogen and oxygen atoms in total. The Labute approximate surface area is 179 Å². The van der Waals surface area contributed by atoms with E-state index in [1.165, 1.54) is 42.0 Å². The first-order valence-corrected chi connectivity index (χ1v) is 9.87. The van der Waals surface area contributed by atoms with Crippen LogP contribution in [0.25, 0.3) is 10.2 Å². The third kappa shape index (κ3) is 4.67. The summed E-state index contributed by atoms with van der Waals surface area (Å²) >= 11 is 1.05. The Bertz CT molecular complexity index is 1260. The normalized spacial score (nSPS) is 11.4. The zero-order valence-electron chi connectivity index (χ0n) is 16.6. The van der Waals surface area contributed by atoms with Crippen molar-refractivity contribution in [2.24, 2.45) is 4.99 Å². The lowest BCUT2D eigenvalue weighted by Gasteiger charge is -2.05. The number of aromatic nitrogens is 1. The maximum atomic E-state index is 12.7. The van der Waals surface area contributed by atoms with Gasteiger partial charge >= 0.3 is 11.9 Å². The zero-order valence-corrected chi connectivity index (χ0v) is 17.4. The molecule has 1 heterocycles. The molecule has 0 aliphatic heterocycles. The summed E-state index contributed by atoms with van der Waals surface area (Å²) in [6.45, 7) is 1.62. The Morgan fingerprint density at radius 3 is 2.61 bits per heavy atom. The molecule has 0 N–H and O–H groups in total. The van der Waals surface area contributed by atoms with E-state index in [-0.39, 0.29) is 34.8 Å². The van der Waals surface area contributed by atoms with Crippen LogP contribution in [0.4, 0.5) is 5.69 Å². The van der Waals surface area contributed by atoms with Crippen molar-refractivity contribution in [1.82, 2.24) is 4.57 Å². The van der Waals surface area contributed by atoms with Crippen LogP contribution in [0.5, 0.6) is 0 Å². The fourth-order valence-electron chi connectivity index (χ4n) is 2.85. The van der Waals surface area contributed by atoms with E-state index in [1.807, 2.05) is 0 Å². The van der Waals surface area contributed by atoms with Crippen molar-refractivity contribution in [1.29, 1.82) is 0 Å². The summed E-state index contributed by atoms with van der Waals surface area (Å²) in [5, 5.41) is 11.2. The Hall–Kier alpha value is -3.86. The number of nitrogens with zero attached hydrogens (tertiary/aromatic N) is 3. The fraction of sp³-hybridized carbons (Fsp3) is 0.200. The van der Waals surface area contributed by atoms with Crippen LogP contribution in [-0.2, 0) is 20.8 Å². The number of thiazole rings is 1. The number of nitro benzene ring substituents is 1. The van der Waals surface area contributed by atoms with Crippen molar-refractivity contribution in [2.75, 3.05) is 13.7 Å². The molecule has 1 aromatic heterocycles. The van der Waals surface area contributed by atoms with Gasteiger partial charge in [0.25, 0.3) is 11.6 Å². The third-order valence-corrected chi connectivity index (χ3v) is 5.27. The minimum atomic E-state index is -0.829. The number of fused-ring (bicyclic) bond motifs is 1. The number of para-hydroxylation sites is 1. The van der Waals surface area contributed by atoms with Gasteiger partial charge in [0.15, 0.2) is 4.80 Å². The van der Waals surface area contributed by atoms with E-state index in [4.69, 9.17) is 9.47 Å². The van der Waals surface area contributed by atoms with Gasteiger partial charge in [-0.1, -0.05) is 23.5 Å². The highest BCUT2D eigenvalue weighted by molar-refractivity contribution is 7.16. The van der Waals surface area contributed by atoms with Gasteiger partial charge in [0.05, 0.1) is 34.4 Å². The topological polar surface area (TPSA) is 130 Å². The first-order chi connectivity index (χ1) is 14.8. The molecular weight excluding hydrogens is 426 g/mol. The number of hydrogen-bond acceptors (Lipinski definition) is 8. The van der Waals surface area contributed by atoms with Crippen molar-refractivity contribution in [3.63, 3.8) is 0 Å². The summed E-state index contributed by atoms with van der Waals surface area (Å²) < 4.78 is 11.7. The second-order valence-corrected chi connectivity index (χ2v) is 7.15. The molecule has 0 aliphatic rings. The molecule has 3 rings (SSSR count). The van der Waals surface area contributed by atoms with E-state index in [0.717, 1.165) is 11.3 Å². The molecule has 0 fully saturated rings. The molecule has 0 radical (unpaired) electrons. The molecule has 160 valence electrons. The number of esters is 2. The largest absolute Gasteiger partial charge is 0.465 e. The maximum Gasteiger partial charge on any atom is 0.337 e. The molecule has 0 saturated carbocycles. The summed E-state index contributed by atoms with van der Waals surface area (Å²) in [4.78, 5) is 51.4. The summed E-state index contributed by atoms with van der Waals surface area (Å²) in [5.74, 6) is -1.91. The molecule has 2 aromatic carbocycles. The SMILES string of the molecule is CCOC(=O)Cn1c(=NC(=O)c2ccccc2[N+](=O)[O-])sc2cc(C(=O)OC)ccc21. The molecule has 31 heavy (non-hydrogen) atoms. The summed E-state index contributed by atoms with van der Waals surface area (Å²) in [6, 6.07) is 10.1. The first-order valence-electron chi connectivity index (χ1n) is 9.05. The van der Waals surface area contributed by atoms with Crippen LogP contribution in [0.1, 0.15) is 27.6 Å². The van der Waals surface area contributed by atoms with Crippen molar-refractivity contribution in [2.45, 2.75) is 13.5 Å². The highest BCUT2D eigenvalue weighted by atomic mass is 32.1. The molecule has 0 atom stereocenters. The Balaban J connectivity index is 2.17. The average Bonchev–Trinajstić information content (AvgIpc) is 3.09. The number of carbonyl (C=O) groups excluding carboxylic acids is 3. The maximum absolute atomic E-state index is 12.7. The van der Waals surface area contributed by atoms with Gasteiger partial charge in [-0.2, -0.15) is 4.99 Å². The second kappa shape index (κ2) is 9.30. The smallest absolute Gasteiger partial charge is 0.337 e. The number of methoxy groups -OCH3 is 1. The van der Waals surface area contributed by atoms with Gasteiger partial charge in [-0.25, -0.2) is 4.79 Å². The monoisotopic (exact) mass is 443 g/mol. The third-order valence-electron chi connectivity index (χ3n) is 4.22. The highest BCUT2D eigenvalue weighted by Crippen LogP contribution is 2.21. The van der Waals surface area contributed by atoms with Crippen LogP contribution >= 0.6 is 11.3 Å². The number of hydrogen-bond donors (Lipinski definition) is 0. The molecule has 11 heteroatoms. The van der Waals surface area contributed by atoms with Gasteiger partial charge in [-0.05, 0) is 31.2 Å². The van der Waals surface area contributed by atoms with E-state index >= 15 is 0 Å². The lowest BCUT2D eigenvalue weighted by atomic mass is 10.2. The van der Waals surface area contributed by atoms with Crippen LogP contribution in [-0.4, -0.2) is 41.1 Å². The van der Waals surface area contributed by atoms with E-state index in [1.54, 1.807) is 19.1 Å². The summed E-state index contributed by atoms with van der Waals surface area (Å²) in [5.41, 5.74) is 0.279. The standard InChI is InChI=1S/C20H17N3O7S/c1-3-30-17(24)11-22-15-9-8-12(19(26)29-2)10-16(15)31-20(22)21-18(25)13-6-4-5-7-14(13)23(27)28/h4-10H,3,11H2,1-2H3. The number of amides is 1. The van der Waals surface area contributed by atoms with E-state index < -0.39 is 22.8 Å². The van der Waals surface area contributed by atoms with Crippen molar-refractivity contribution >= 4 is 45.1 Å². The van der Waals surface area contributed by atoms with Gasteiger partial charge in [0, 0.05) is 6.07 Å².